The van der Waals surface area contributed by atoms with Crippen LogP contribution >= 0.6 is 0 Å². The first-order chi connectivity index (χ1) is 8.45. The molecule has 1 heterocycles. The monoisotopic (exact) mass is 257 g/mol. The minimum atomic E-state index is -0.401. The molecule has 0 aromatic heterocycles. The fourth-order valence-corrected chi connectivity index (χ4v) is 2.26. The fourth-order valence-electron chi connectivity index (χ4n) is 2.26. The third kappa shape index (κ3) is 3.87. The van der Waals surface area contributed by atoms with Gasteiger partial charge >= 0.3 is 12.0 Å². The van der Waals surface area contributed by atoms with E-state index in [1.165, 1.54) is 0 Å². The molecule has 2 unspecified atom stereocenters. The van der Waals surface area contributed by atoms with Crippen LogP contribution in [0, 0.1) is 5.92 Å². The summed E-state index contributed by atoms with van der Waals surface area (Å²) in [4.78, 5) is 26.9. The van der Waals surface area contributed by atoms with Crippen LogP contribution in [0.2, 0.25) is 0 Å². The molecule has 0 aromatic carbocycles. The van der Waals surface area contributed by atoms with Crippen LogP contribution in [0.25, 0.3) is 0 Å². The Labute approximate surface area is 108 Å². The summed E-state index contributed by atoms with van der Waals surface area (Å²) in [6.45, 7) is 5.55. The highest BCUT2D eigenvalue weighted by molar-refractivity contribution is 5.81. The molecule has 1 aliphatic heterocycles. The van der Waals surface area contributed by atoms with Gasteiger partial charge in [-0.05, 0) is 26.9 Å². The summed E-state index contributed by atoms with van der Waals surface area (Å²) in [5.74, 6) is 0.0376. The van der Waals surface area contributed by atoms with Crippen molar-refractivity contribution in [2.75, 3.05) is 40.3 Å². The lowest BCUT2D eigenvalue weighted by Crippen LogP contribution is -2.42. The lowest BCUT2D eigenvalue weighted by atomic mass is 10.1. The molecule has 0 bridgehead atoms. The van der Waals surface area contributed by atoms with Gasteiger partial charge in [0.25, 0.3) is 0 Å². The first kappa shape index (κ1) is 14.8. The van der Waals surface area contributed by atoms with Gasteiger partial charge in [-0.1, -0.05) is 6.92 Å². The summed E-state index contributed by atoms with van der Waals surface area (Å²) >= 11 is 0. The maximum absolute atomic E-state index is 11.9. The Hall–Kier alpha value is -1.30. The van der Waals surface area contributed by atoms with Crippen LogP contribution in [0.1, 0.15) is 13.8 Å². The number of ether oxygens (including phenoxy) is 1. The van der Waals surface area contributed by atoms with E-state index in [-0.39, 0.29) is 12.6 Å². The van der Waals surface area contributed by atoms with E-state index in [2.05, 4.69) is 17.1 Å². The van der Waals surface area contributed by atoms with Gasteiger partial charge in [0.1, 0.15) is 6.54 Å². The molecule has 0 aromatic rings. The average molecular weight is 257 g/mol. The van der Waals surface area contributed by atoms with Crippen LogP contribution in [-0.4, -0.2) is 68.2 Å². The normalized spacial score (nSPS) is 23.3. The van der Waals surface area contributed by atoms with Gasteiger partial charge in [-0.3, -0.25) is 4.79 Å². The number of likely N-dealkylation sites (tertiary alicyclic amines) is 1. The third-order valence-electron chi connectivity index (χ3n) is 3.21. The minimum Gasteiger partial charge on any atom is -0.465 e. The predicted octanol–water partition coefficient (Wildman–Crippen LogP) is 0.141. The van der Waals surface area contributed by atoms with Crippen LogP contribution in [0.5, 0.6) is 0 Å². The van der Waals surface area contributed by atoms with Crippen LogP contribution < -0.4 is 5.32 Å². The van der Waals surface area contributed by atoms with Crippen molar-refractivity contribution in [1.29, 1.82) is 0 Å². The highest BCUT2D eigenvalue weighted by Gasteiger charge is 2.33. The lowest BCUT2D eigenvalue weighted by molar-refractivity contribution is -0.141. The van der Waals surface area contributed by atoms with Gasteiger partial charge in [0, 0.05) is 19.1 Å². The molecule has 6 nitrogen and oxygen atoms in total. The first-order valence-electron chi connectivity index (χ1n) is 6.30. The highest BCUT2D eigenvalue weighted by atomic mass is 16.5. The second-order valence-electron chi connectivity index (χ2n) is 4.88. The van der Waals surface area contributed by atoms with Crippen molar-refractivity contribution in [3.05, 3.63) is 0 Å². The maximum atomic E-state index is 11.9. The van der Waals surface area contributed by atoms with Crippen molar-refractivity contribution in [2.24, 2.45) is 5.92 Å². The zero-order valence-corrected chi connectivity index (χ0v) is 11.6. The van der Waals surface area contributed by atoms with Gasteiger partial charge in [0.2, 0.25) is 0 Å². The Morgan fingerprint density at radius 2 is 2.06 bits per heavy atom. The van der Waals surface area contributed by atoms with E-state index in [9.17, 15) is 9.59 Å². The highest BCUT2D eigenvalue weighted by Crippen LogP contribution is 2.19. The number of carbonyl (C=O) groups is 2. The van der Waals surface area contributed by atoms with Crippen LogP contribution in [-0.2, 0) is 9.53 Å². The minimum absolute atomic E-state index is 0.0653. The van der Waals surface area contributed by atoms with E-state index in [1.807, 2.05) is 14.1 Å². The molecule has 0 aliphatic carbocycles. The van der Waals surface area contributed by atoms with Crippen LogP contribution in [0.15, 0.2) is 0 Å². The Bertz CT molecular complexity index is 307. The summed E-state index contributed by atoms with van der Waals surface area (Å²) in [6, 6.07) is 0.178. The number of esters is 1. The van der Waals surface area contributed by atoms with Gasteiger partial charge < -0.3 is 19.9 Å². The van der Waals surface area contributed by atoms with Gasteiger partial charge in [0.15, 0.2) is 0 Å². The van der Waals surface area contributed by atoms with Gasteiger partial charge in [-0.2, -0.15) is 0 Å². The van der Waals surface area contributed by atoms with Gasteiger partial charge in [-0.15, -0.1) is 0 Å². The molecule has 0 saturated carbocycles. The zero-order valence-electron chi connectivity index (χ0n) is 11.6. The molecule has 1 fully saturated rings. The maximum Gasteiger partial charge on any atom is 0.325 e. The summed E-state index contributed by atoms with van der Waals surface area (Å²) in [6.07, 6.45) is 0. The quantitative estimate of drug-likeness (QED) is 0.728. The zero-order chi connectivity index (χ0) is 13.7. The van der Waals surface area contributed by atoms with Crippen molar-refractivity contribution in [3.8, 4) is 0 Å². The molecule has 0 radical (unpaired) electrons. The fraction of sp³-hybridized carbons (Fsp3) is 0.833. The number of rotatable bonds is 4. The van der Waals surface area contributed by atoms with E-state index in [1.54, 1.807) is 11.8 Å². The molecule has 1 N–H and O–H groups in total. The van der Waals surface area contributed by atoms with Crippen molar-refractivity contribution in [3.63, 3.8) is 0 Å². The lowest BCUT2D eigenvalue weighted by Gasteiger charge is -2.22. The van der Waals surface area contributed by atoms with E-state index < -0.39 is 5.97 Å². The Morgan fingerprint density at radius 3 is 2.56 bits per heavy atom. The topological polar surface area (TPSA) is 61.9 Å². The molecular formula is C12H23N3O3. The van der Waals surface area contributed by atoms with E-state index in [0.717, 1.165) is 6.54 Å². The number of urea groups is 1. The second kappa shape index (κ2) is 6.58. The largest absolute Gasteiger partial charge is 0.465 e. The first-order valence-corrected chi connectivity index (χ1v) is 6.30. The Kier molecular flexibility index (Phi) is 5.40. The van der Waals surface area contributed by atoms with E-state index in [4.69, 9.17) is 4.74 Å². The number of nitrogens with one attached hydrogen (secondary N) is 1. The molecular weight excluding hydrogens is 234 g/mol. The number of amides is 2. The number of likely N-dealkylation sites (N-methyl/N-ethyl adjacent to an activating group) is 1. The van der Waals surface area contributed by atoms with Crippen LogP contribution in [0.3, 0.4) is 0 Å². The molecule has 2 amide bonds. The average Bonchev–Trinajstić information content (AvgIpc) is 2.69. The third-order valence-corrected chi connectivity index (χ3v) is 3.21. The van der Waals surface area contributed by atoms with Crippen molar-refractivity contribution < 1.29 is 14.3 Å². The predicted molar refractivity (Wildman–Crippen MR) is 68.2 cm³/mol. The van der Waals surface area contributed by atoms with Gasteiger partial charge in [0.05, 0.1) is 6.61 Å². The molecule has 0 spiro atoms. The number of nitrogens with zero attached hydrogens (tertiary/aromatic N) is 2. The Balaban J connectivity index is 2.38. The molecule has 1 rings (SSSR count). The van der Waals surface area contributed by atoms with Gasteiger partial charge in [-0.25, -0.2) is 4.79 Å². The summed E-state index contributed by atoms with van der Waals surface area (Å²) in [7, 11) is 4.03. The standard InChI is InChI=1S/C12H23N3O3/c1-5-18-11(16)6-13-12(17)15-7-9(2)10(8-15)14(3)4/h9-10H,5-8H2,1-4H3,(H,13,17). The smallest absolute Gasteiger partial charge is 0.325 e. The summed E-state index contributed by atoms with van der Waals surface area (Å²) in [5, 5.41) is 2.58. The van der Waals surface area contributed by atoms with Crippen LogP contribution in [0.4, 0.5) is 4.79 Å². The molecule has 1 aliphatic rings. The molecule has 6 heteroatoms. The van der Waals surface area contributed by atoms with Crippen molar-refractivity contribution in [1.82, 2.24) is 15.1 Å². The van der Waals surface area contributed by atoms with E-state index in [0.29, 0.717) is 25.1 Å². The van der Waals surface area contributed by atoms with E-state index >= 15 is 0 Å². The number of hydrogen-bond donors (Lipinski definition) is 1. The SMILES string of the molecule is CCOC(=O)CNC(=O)N1CC(C)C(N(C)C)C1. The summed E-state index contributed by atoms with van der Waals surface area (Å²) < 4.78 is 4.75. The summed E-state index contributed by atoms with van der Waals surface area (Å²) in [5.41, 5.74) is 0. The number of hydrogen-bond acceptors (Lipinski definition) is 4. The second-order valence-corrected chi connectivity index (χ2v) is 4.88. The molecule has 2 atom stereocenters. The Morgan fingerprint density at radius 1 is 1.39 bits per heavy atom. The molecule has 18 heavy (non-hydrogen) atoms. The molecule has 1 saturated heterocycles. The molecule has 104 valence electrons. The van der Waals surface area contributed by atoms with Crippen molar-refractivity contribution >= 4 is 12.0 Å². The number of carbonyl (C=O) groups excluding carboxylic acids is 2. The van der Waals surface area contributed by atoms with Crippen molar-refractivity contribution in [2.45, 2.75) is 19.9 Å².